The van der Waals surface area contributed by atoms with Crippen molar-refractivity contribution in [3.05, 3.63) is 24.2 Å². The molecular weight excluding hydrogens is 290 g/mol. The molecule has 0 aromatic carbocycles. The first-order valence-corrected chi connectivity index (χ1v) is 8.01. The third-order valence-electron chi connectivity index (χ3n) is 3.51. The van der Waals surface area contributed by atoms with Crippen LogP contribution in [0.2, 0.25) is 0 Å². The van der Waals surface area contributed by atoms with Gasteiger partial charge in [0.1, 0.15) is 5.76 Å². The minimum atomic E-state index is -0.0580. The van der Waals surface area contributed by atoms with E-state index in [0.29, 0.717) is 18.3 Å². The molecule has 21 heavy (non-hydrogen) atoms. The van der Waals surface area contributed by atoms with E-state index in [9.17, 15) is 4.79 Å². The lowest BCUT2D eigenvalue weighted by molar-refractivity contribution is -0.118. The molecule has 1 aliphatic rings. The summed E-state index contributed by atoms with van der Waals surface area (Å²) in [5.74, 6) is 0.981. The van der Waals surface area contributed by atoms with E-state index in [-0.39, 0.29) is 5.91 Å². The molecular formula is C13H17N5O2S. The van der Waals surface area contributed by atoms with Crippen molar-refractivity contribution >= 4 is 17.7 Å². The molecule has 1 aliphatic carbocycles. The Hall–Kier alpha value is -1.83. The van der Waals surface area contributed by atoms with Crippen LogP contribution in [0.3, 0.4) is 0 Å². The van der Waals surface area contributed by atoms with Gasteiger partial charge in [-0.1, -0.05) is 24.6 Å². The molecule has 2 aromatic heterocycles. The standard InChI is InChI=1S/C13H17N5O2S/c19-12(14-8-11-6-3-7-20-11)9-21-13-15-16-17-18(13)10-4-1-2-5-10/h3,6-7,10H,1-2,4-5,8-9H2,(H,14,19). The van der Waals surface area contributed by atoms with Gasteiger partial charge in [0, 0.05) is 0 Å². The van der Waals surface area contributed by atoms with Crippen LogP contribution in [0, 0.1) is 0 Å². The van der Waals surface area contributed by atoms with Crippen LogP contribution in [0.5, 0.6) is 0 Å². The number of carbonyl (C=O) groups excluding carboxylic acids is 1. The quantitative estimate of drug-likeness (QED) is 0.819. The molecule has 0 aliphatic heterocycles. The maximum atomic E-state index is 11.8. The van der Waals surface area contributed by atoms with E-state index >= 15 is 0 Å². The third-order valence-corrected chi connectivity index (χ3v) is 4.44. The van der Waals surface area contributed by atoms with Gasteiger partial charge in [-0.2, -0.15) is 0 Å². The fourth-order valence-corrected chi connectivity index (χ4v) is 3.21. The molecule has 7 nitrogen and oxygen atoms in total. The molecule has 0 radical (unpaired) electrons. The normalized spacial score (nSPS) is 15.4. The molecule has 1 saturated carbocycles. The van der Waals surface area contributed by atoms with Crippen molar-refractivity contribution < 1.29 is 9.21 Å². The van der Waals surface area contributed by atoms with Gasteiger partial charge in [-0.3, -0.25) is 4.79 Å². The Bertz CT molecular complexity index is 577. The molecule has 0 atom stereocenters. The maximum absolute atomic E-state index is 11.8. The third kappa shape index (κ3) is 3.63. The van der Waals surface area contributed by atoms with Crippen LogP contribution < -0.4 is 5.32 Å². The van der Waals surface area contributed by atoms with Crippen molar-refractivity contribution in [1.29, 1.82) is 0 Å². The molecule has 1 N–H and O–H groups in total. The van der Waals surface area contributed by atoms with Gasteiger partial charge in [0.2, 0.25) is 11.1 Å². The lowest BCUT2D eigenvalue weighted by Gasteiger charge is -2.10. The van der Waals surface area contributed by atoms with Crippen LogP contribution in [-0.2, 0) is 11.3 Å². The highest BCUT2D eigenvalue weighted by Crippen LogP contribution is 2.31. The van der Waals surface area contributed by atoms with Crippen molar-refractivity contribution in [2.24, 2.45) is 0 Å². The fraction of sp³-hybridized carbons (Fsp3) is 0.538. The fourth-order valence-electron chi connectivity index (χ4n) is 2.44. The minimum Gasteiger partial charge on any atom is -0.467 e. The number of carbonyl (C=O) groups is 1. The van der Waals surface area contributed by atoms with Gasteiger partial charge >= 0.3 is 0 Å². The number of furan rings is 1. The van der Waals surface area contributed by atoms with Crippen molar-refractivity contribution in [3.8, 4) is 0 Å². The van der Waals surface area contributed by atoms with Crippen LogP contribution >= 0.6 is 11.8 Å². The lowest BCUT2D eigenvalue weighted by atomic mass is 10.3. The summed E-state index contributed by atoms with van der Waals surface area (Å²) in [7, 11) is 0. The summed E-state index contributed by atoms with van der Waals surface area (Å²) in [4.78, 5) is 11.8. The zero-order chi connectivity index (χ0) is 14.5. The van der Waals surface area contributed by atoms with E-state index in [0.717, 1.165) is 23.8 Å². The molecule has 0 saturated heterocycles. The van der Waals surface area contributed by atoms with Crippen LogP contribution in [0.15, 0.2) is 28.0 Å². The average molecular weight is 307 g/mol. The molecule has 0 bridgehead atoms. The zero-order valence-electron chi connectivity index (χ0n) is 11.6. The van der Waals surface area contributed by atoms with Gasteiger partial charge in [0.05, 0.1) is 24.6 Å². The number of amides is 1. The summed E-state index contributed by atoms with van der Waals surface area (Å²) in [5.41, 5.74) is 0. The van der Waals surface area contributed by atoms with Crippen LogP contribution in [0.4, 0.5) is 0 Å². The predicted molar refractivity (Wildman–Crippen MR) is 76.6 cm³/mol. The summed E-state index contributed by atoms with van der Waals surface area (Å²) in [6.45, 7) is 0.403. The monoisotopic (exact) mass is 307 g/mol. The van der Waals surface area contributed by atoms with E-state index in [2.05, 4.69) is 20.8 Å². The molecule has 0 spiro atoms. The number of nitrogens with zero attached hydrogens (tertiary/aromatic N) is 4. The van der Waals surface area contributed by atoms with E-state index < -0.39 is 0 Å². The van der Waals surface area contributed by atoms with E-state index in [1.807, 2.05) is 10.7 Å². The lowest BCUT2D eigenvalue weighted by Crippen LogP contribution is -2.24. The van der Waals surface area contributed by atoms with Gasteiger partial charge in [0.25, 0.3) is 0 Å². The Labute approximate surface area is 126 Å². The summed E-state index contributed by atoms with van der Waals surface area (Å²) >= 11 is 1.37. The highest BCUT2D eigenvalue weighted by Gasteiger charge is 2.22. The second-order valence-corrected chi connectivity index (χ2v) is 5.93. The number of aromatic nitrogens is 4. The predicted octanol–water partition coefficient (Wildman–Crippen LogP) is 1.79. The van der Waals surface area contributed by atoms with Crippen LogP contribution in [0.1, 0.15) is 37.5 Å². The van der Waals surface area contributed by atoms with E-state index in [4.69, 9.17) is 4.42 Å². The number of thioether (sulfide) groups is 1. The first kappa shape index (κ1) is 14.1. The Morgan fingerprint density at radius 3 is 3.10 bits per heavy atom. The first-order valence-electron chi connectivity index (χ1n) is 7.02. The van der Waals surface area contributed by atoms with Gasteiger partial charge < -0.3 is 9.73 Å². The highest BCUT2D eigenvalue weighted by atomic mass is 32.2. The largest absolute Gasteiger partial charge is 0.467 e. The Kier molecular flexibility index (Phi) is 4.54. The van der Waals surface area contributed by atoms with Gasteiger partial charge in [-0.15, -0.1) is 5.10 Å². The number of nitrogens with one attached hydrogen (secondary N) is 1. The van der Waals surface area contributed by atoms with Crippen LogP contribution in [0.25, 0.3) is 0 Å². The van der Waals surface area contributed by atoms with Gasteiger partial charge in [-0.25, -0.2) is 4.68 Å². The van der Waals surface area contributed by atoms with Crippen molar-refractivity contribution in [2.45, 2.75) is 43.4 Å². The van der Waals surface area contributed by atoms with Gasteiger partial charge in [0.15, 0.2) is 0 Å². The maximum Gasteiger partial charge on any atom is 0.230 e. The Balaban J connectivity index is 1.48. The van der Waals surface area contributed by atoms with Crippen molar-refractivity contribution in [1.82, 2.24) is 25.5 Å². The SMILES string of the molecule is O=C(CSc1nnnn1C1CCCC1)NCc1ccco1. The first-order chi connectivity index (χ1) is 10.3. The molecule has 1 fully saturated rings. The number of hydrogen-bond acceptors (Lipinski definition) is 6. The van der Waals surface area contributed by atoms with Crippen molar-refractivity contribution in [2.75, 3.05) is 5.75 Å². The molecule has 2 heterocycles. The molecule has 2 aromatic rings. The summed E-state index contributed by atoms with van der Waals surface area (Å²) in [6, 6.07) is 4.01. The molecule has 3 rings (SSSR count). The topological polar surface area (TPSA) is 85.8 Å². The molecule has 112 valence electrons. The van der Waals surface area contributed by atoms with Crippen molar-refractivity contribution in [3.63, 3.8) is 0 Å². The number of tetrazole rings is 1. The van der Waals surface area contributed by atoms with E-state index in [1.54, 1.807) is 12.3 Å². The minimum absolute atomic E-state index is 0.0580. The summed E-state index contributed by atoms with van der Waals surface area (Å²) in [6.07, 6.45) is 6.26. The number of hydrogen-bond donors (Lipinski definition) is 1. The van der Waals surface area contributed by atoms with Gasteiger partial charge in [-0.05, 0) is 35.4 Å². The summed E-state index contributed by atoms with van der Waals surface area (Å²) < 4.78 is 7.02. The molecule has 8 heteroatoms. The Morgan fingerprint density at radius 1 is 1.48 bits per heavy atom. The molecule has 1 amide bonds. The zero-order valence-corrected chi connectivity index (χ0v) is 12.4. The highest BCUT2D eigenvalue weighted by molar-refractivity contribution is 7.99. The second-order valence-electron chi connectivity index (χ2n) is 4.99. The van der Waals surface area contributed by atoms with E-state index in [1.165, 1.54) is 24.6 Å². The Morgan fingerprint density at radius 2 is 2.33 bits per heavy atom. The average Bonchev–Trinajstić information content (AvgIpc) is 3.24. The summed E-state index contributed by atoms with van der Waals surface area (Å²) in [5, 5.41) is 15.3. The van der Waals surface area contributed by atoms with Crippen LogP contribution in [-0.4, -0.2) is 31.9 Å². The molecule has 0 unspecified atom stereocenters. The second kappa shape index (κ2) is 6.75. The smallest absolute Gasteiger partial charge is 0.230 e. The number of rotatable bonds is 6.